The summed E-state index contributed by atoms with van der Waals surface area (Å²) in [7, 11) is 2.01. The Balaban J connectivity index is 1.89. The van der Waals surface area contributed by atoms with Gasteiger partial charge in [0.1, 0.15) is 5.82 Å². The average Bonchev–Trinajstić information content (AvgIpc) is 3.12. The van der Waals surface area contributed by atoms with Crippen molar-refractivity contribution in [3.63, 3.8) is 0 Å². The van der Waals surface area contributed by atoms with E-state index in [0.29, 0.717) is 6.54 Å². The summed E-state index contributed by atoms with van der Waals surface area (Å²) in [6.45, 7) is 11.4. The number of fused-ring (bicyclic) bond motifs is 1. The Morgan fingerprint density at radius 1 is 1.04 bits per heavy atom. The summed E-state index contributed by atoms with van der Waals surface area (Å²) >= 11 is 0. The van der Waals surface area contributed by atoms with Gasteiger partial charge >= 0.3 is 0 Å². The SMILES string of the molecule is CCc1nn(C)c(CC)c1CNc1ccc2nnc(C(C)(C)C)n2n1. The molecule has 7 nitrogen and oxygen atoms in total. The van der Waals surface area contributed by atoms with Gasteiger partial charge in [0.05, 0.1) is 5.69 Å². The van der Waals surface area contributed by atoms with E-state index >= 15 is 0 Å². The standard InChI is InChI=1S/C18H27N7/c1-7-13-12(14(8-2)24(6)22-13)11-19-15-9-10-16-20-21-17(18(3,4)5)25(16)23-15/h9-10H,7-8,11H2,1-6H3,(H,19,23). The highest BCUT2D eigenvalue weighted by Gasteiger charge is 2.22. The van der Waals surface area contributed by atoms with Crippen LogP contribution in [0.2, 0.25) is 0 Å². The number of anilines is 1. The van der Waals surface area contributed by atoms with E-state index in [1.165, 1.54) is 11.3 Å². The summed E-state index contributed by atoms with van der Waals surface area (Å²) in [5, 5.41) is 21.3. The second-order valence-electron chi connectivity index (χ2n) is 7.32. The summed E-state index contributed by atoms with van der Waals surface area (Å²) in [6.07, 6.45) is 1.89. The minimum absolute atomic E-state index is 0.112. The molecule has 0 aliphatic rings. The van der Waals surface area contributed by atoms with E-state index in [-0.39, 0.29) is 5.41 Å². The lowest BCUT2D eigenvalue weighted by Gasteiger charge is -2.15. The zero-order chi connectivity index (χ0) is 18.2. The minimum atomic E-state index is -0.112. The van der Waals surface area contributed by atoms with Gasteiger partial charge in [-0.3, -0.25) is 4.68 Å². The Labute approximate surface area is 148 Å². The van der Waals surface area contributed by atoms with E-state index in [1.807, 2.05) is 28.4 Å². The van der Waals surface area contributed by atoms with Crippen LogP contribution in [0.3, 0.4) is 0 Å². The van der Waals surface area contributed by atoms with Crippen LogP contribution < -0.4 is 5.32 Å². The average molecular weight is 341 g/mol. The second-order valence-corrected chi connectivity index (χ2v) is 7.32. The molecule has 0 spiro atoms. The fourth-order valence-corrected chi connectivity index (χ4v) is 3.12. The van der Waals surface area contributed by atoms with Crippen LogP contribution in [0, 0.1) is 0 Å². The first kappa shape index (κ1) is 17.4. The van der Waals surface area contributed by atoms with E-state index < -0.39 is 0 Å². The lowest BCUT2D eigenvalue weighted by atomic mass is 9.96. The van der Waals surface area contributed by atoms with Gasteiger partial charge in [0.25, 0.3) is 0 Å². The molecule has 3 aromatic rings. The molecule has 0 radical (unpaired) electrons. The quantitative estimate of drug-likeness (QED) is 0.772. The largest absolute Gasteiger partial charge is 0.364 e. The molecule has 0 amide bonds. The number of nitrogens with one attached hydrogen (secondary N) is 1. The number of hydrogen-bond acceptors (Lipinski definition) is 5. The van der Waals surface area contributed by atoms with Crippen LogP contribution in [-0.4, -0.2) is 29.6 Å². The molecule has 3 heterocycles. The van der Waals surface area contributed by atoms with Gasteiger partial charge < -0.3 is 5.32 Å². The first-order chi connectivity index (χ1) is 11.8. The van der Waals surface area contributed by atoms with Crippen LogP contribution in [0.25, 0.3) is 5.65 Å². The third kappa shape index (κ3) is 3.23. The number of nitrogens with zero attached hydrogens (tertiary/aromatic N) is 6. The van der Waals surface area contributed by atoms with Crippen LogP contribution in [-0.2, 0) is 31.8 Å². The molecule has 0 aromatic carbocycles. The summed E-state index contributed by atoms with van der Waals surface area (Å²) in [4.78, 5) is 0. The highest BCUT2D eigenvalue weighted by molar-refractivity contribution is 5.45. The van der Waals surface area contributed by atoms with Gasteiger partial charge in [-0.15, -0.1) is 15.3 Å². The van der Waals surface area contributed by atoms with E-state index in [1.54, 1.807) is 0 Å². The molecular formula is C18H27N7. The molecule has 0 unspecified atom stereocenters. The highest BCUT2D eigenvalue weighted by Crippen LogP contribution is 2.21. The Kier molecular flexibility index (Phi) is 4.49. The molecular weight excluding hydrogens is 314 g/mol. The van der Waals surface area contributed by atoms with Gasteiger partial charge in [-0.25, -0.2) is 0 Å². The summed E-state index contributed by atoms with van der Waals surface area (Å²) < 4.78 is 3.82. The van der Waals surface area contributed by atoms with Crippen LogP contribution >= 0.6 is 0 Å². The third-order valence-corrected chi connectivity index (χ3v) is 4.41. The van der Waals surface area contributed by atoms with Gasteiger partial charge in [-0.2, -0.15) is 9.61 Å². The first-order valence-corrected chi connectivity index (χ1v) is 8.85. The first-order valence-electron chi connectivity index (χ1n) is 8.85. The Morgan fingerprint density at radius 3 is 2.44 bits per heavy atom. The van der Waals surface area contributed by atoms with Crippen molar-refractivity contribution in [1.29, 1.82) is 0 Å². The van der Waals surface area contributed by atoms with E-state index in [9.17, 15) is 0 Å². The lowest BCUT2D eigenvalue weighted by molar-refractivity contribution is 0.527. The molecule has 0 aliphatic heterocycles. The van der Waals surface area contributed by atoms with Crippen LogP contribution in [0.5, 0.6) is 0 Å². The predicted molar refractivity (Wildman–Crippen MR) is 98.8 cm³/mol. The molecule has 0 aliphatic carbocycles. The third-order valence-electron chi connectivity index (χ3n) is 4.41. The molecule has 0 saturated carbocycles. The summed E-state index contributed by atoms with van der Waals surface area (Å²) in [5.41, 5.74) is 4.34. The number of aromatic nitrogens is 6. The topological polar surface area (TPSA) is 72.9 Å². The van der Waals surface area contributed by atoms with E-state index in [2.05, 4.69) is 60.3 Å². The second kappa shape index (κ2) is 6.46. The van der Waals surface area contributed by atoms with Crippen molar-refractivity contribution in [3.05, 3.63) is 34.9 Å². The summed E-state index contributed by atoms with van der Waals surface area (Å²) in [5.74, 6) is 1.67. The van der Waals surface area contributed by atoms with Gasteiger partial charge in [-0.05, 0) is 25.0 Å². The zero-order valence-corrected chi connectivity index (χ0v) is 16.0. The number of rotatable bonds is 5. The maximum absolute atomic E-state index is 4.69. The Bertz CT molecular complexity index is 883. The lowest BCUT2D eigenvalue weighted by Crippen LogP contribution is -2.17. The fraction of sp³-hybridized carbons (Fsp3) is 0.556. The summed E-state index contributed by atoms with van der Waals surface area (Å²) in [6, 6.07) is 3.90. The molecule has 0 bridgehead atoms. The molecule has 3 aromatic heterocycles. The smallest absolute Gasteiger partial charge is 0.178 e. The molecule has 0 fully saturated rings. The van der Waals surface area contributed by atoms with Crippen molar-refractivity contribution in [2.24, 2.45) is 7.05 Å². The van der Waals surface area contributed by atoms with E-state index in [0.717, 1.165) is 35.8 Å². The van der Waals surface area contributed by atoms with Crippen molar-refractivity contribution in [3.8, 4) is 0 Å². The molecule has 25 heavy (non-hydrogen) atoms. The van der Waals surface area contributed by atoms with Crippen molar-refractivity contribution >= 4 is 11.5 Å². The van der Waals surface area contributed by atoms with Gasteiger partial charge in [0.2, 0.25) is 0 Å². The van der Waals surface area contributed by atoms with Crippen molar-refractivity contribution in [2.75, 3.05) is 5.32 Å². The molecule has 0 atom stereocenters. The van der Waals surface area contributed by atoms with Crippen LogP contribution in [0.4, 0.5) is 5.82 Å². The normalized spacial score (nSPS) is 12.1. The van der Waals surface area contributed by atoms with Crippen molar-refractivity contribution < 1.29 is 0 Å². The molecule has 3 rings (SSSR count). The molecule has 134 valence electrons. The van der Waals surface area contributed by atoms with Gasteiger partial charge in [0.15, 0.2) is 11.5 Å². The van der Waals surface area contributed by atoms with Crippen LogP contribution in [0.15, 0.2) is 12.1 Å². The van der Waals surface area contributed by atoms with Gasteiger partial charge in [-0.1, -0.05) is 34.6 Å². The van der Waals surface area contributed by atoms with E-state index in [4.69, 9.17) is 0 Å². The van der Waals surface area contributed by atoms with Crippen LogP contribution in [0.1, 0.15) is 57.4 Å². The number of hydrogen-bond donors (Lipinski definition) is 1. The molecule has 1 N–H and O–H groups in total. The van der Waals surface area contributed by atoms with Crippen molar-refractivity contribution in [2.45, 2.75) is 59.4 Å². The minimum Gasteiger partial charge on any atom is -0.364 e. The fourth-order valence-electron chi connectivity index (χ4n) is 3.12. The number of aryl methyl sites for hydroxylation is 2. The highest BCUT2D eigenvalue weighted by atomic mass is 15.4. The molecule has 7 heteroatoms. The molecule has 0 saturated heterocycles. The zero-order valence-electron chi connectivity index (χ0n) is 16.0. The maximum atomic E-state index is 4.69. The predicted octanol–water partition coefficient (Wildman–Crippen LogP) is 2.89. The van der Waals surface area contributed by atoms with Crippen molar-refractivity contribution in [1.82, 2.24) is 29.6 Å². The monoisotopic (exact) mass is 341 g/mol. The Hall–Kier alpha value is -2.44. The Morgan fingerprint density at radius 2 is 1.80 bits per heavy atom. The van der Waals surface area contributed by atoms with Gasteiger partial charge in [0, 0.05) is 30.3 Å². The maximum Gasteiger partial charge on any atom is 0.178 e.